The zero-order valence-electron chi connectivity index (χ0n) is 14.0. The molecule has 0 aliphatic rings. The lowest BCUT2D eigenvalue weighted by atomic mass is 10.0. The number of nitrogens with zero attached hydrogens (tertiary/aromatic N) is 2. The topological polar surface area (TPSA) is 41.9 Å². The fourth-order valence-electron chi connectivity index (χ4n) is 2.58. The molecule has 0 fully saturated rings. The molecule has 2 aromatic carbocycles. The summed E-state index contributed by atoms with van der Waals surface area (Å²) < 4.78 is 1.93. The van der Waals surface area contributed by atoms with Crippen molar-refractivity contribution in [3.63, 3.8) is 0 Å². The standard InChI is InChI=1S/C19H22N4S/c1-14(2)12-20-19(24)21-18-10-11-23(22-18)13-16-8-5-7-15-6-3-4-9-17(15)16/h3-11,14H,12-13H2,1-2H3,(H2,20,21,22,24). The minimum Gasteiger partial charge on any atom is -0.362 e. The van der Waals surface area contributed by atoms with Crippen molar-refractivity contribution < 1.29 is 0 Å². The third-order valence-corrected chi connectivity index (χ3v) is 4.01. The number of hydrogen-bond donors (Lipinski definition) is 2. The Bertz CT molecular complexity index is 833. The van der Waals surface area contributed by atoms with Crippen molar-refractivity contribution in [2.75, 3.05) is 11.9 Å². The molecule has 0 atom stereocenters. The Morgan fingerprint density at radius 3 is 2.75 bits per heavy atom. The number of thiocarbonyl (C=S) groups is 1. The van der Waals surface area contributed by atoms with Crippen molar-refractivity contribution in [1.29, 1.82) is 0 Å². The Balaban J connectivity index is 1.68. The van der Waals surface area contributed by atoms with Crippen LogP contribution in [-0.2, 0) is 6.54 Å². The molecule has 0 amide bonds. The Kier molecular flexibility index (Phi) is 5.11. The summed E-state index contributed by atoms with van der Waals surface area (Å²) in [6, 6.07) is 16.7. The van der Waals surface area contributed by atoms with Gasteiger partial charge in [0.05, 0.1) is 6.54 Å². The molecule has 0 unspecified atom stereocenters. The van der Waals surface area contributed by atoms with Crippen LogP contribution in [0.2, 0.25) is 0 Å². The minimum absolute atomic E-state index is 0.550. The second-order valence-corrected chi connectivity index (χ2v) is 6.67. The highest BCUT2D eigenvalue weighted by Crippen LogP contribution is 2.19. The Hall–Kier alpha value is -2.40. The highest BCUT2D eigenvalue weighted by Gasteiger charge is 2.05. The second-order valence-electron chi connectivity index (χ2n) is 6.27. The first-order valence-corrected chi connectivity index (χ1v) is 8.57. The molecule has 0 aliphatic heterocycles. The van der Waals surface area contributed by atoms with E-state index in [1.807, 2.05) is 16.9 Å². The van der Waals surface area contributed by atoms with Crippen molar-refractivity contribution in [2.24, 2.45) is 5.92 Å². The van der Waals surface area contributed by atoms with Gasteiger partial charge in [-0.25, -0.2) is 0 Å². The maximum Gasteiger partial charge on any atom is 0.171 e. The summed E-state index contributed by atoms with van der Waals surface area (Å²) in [5, 5.41) is 14.0. The Labute approximate surface area is 147 Å². The van der Waals surface area contributed by atoms with Gasteiger partial charge in [-0.1, -0.05) is 56.3 Å². The average Bonchev–Trinajstić information content (AvgIpc) is 3.00. The van der Waals surface area contributed by atoms with Crippen molar-refractivity contribution in [1.82, 2.24) is 15.1 Å². The largest absolute Gasteiger partial charge is 0.362 e. The lowest BCUT2D eigenvalue weighted by Gasteiger charge is -2.10. The van der Waals surface area contributed by atoms with E-state index >= 15 is 0 Å². The third-order valence-electron chi connectivity index (χ3n) is 3.77. The van der Waals surface area contributed by atoms with E-state index in [0.29, 0.717) is 11.0 Å². The number of anilines is 1. The van der Waals surface area contributed by atoms with Crippen molar-refractivity contribution in [2.45, 2.75) is 20.4 Å². The molecule has 0 bridgehead atoms. The molecule has 124 valence electrons. The molecular weight excluding hydrogens is 316 g/mol. The zero-order chi connectivity index (χ0) is 16.9. The van der Waals surface area contributed by atoms with Gasteiger partial charge in [-0.3, -0.25) is 4.68 Å². The summed E-state index contributed by atoms with van der Waals surface area (Å²) in [5.41, 5.74) is 1.25. The highest BCUT2D eigenvalue weighted by molar-refractivity contribution is 7.80. The summed E-state index contributed by atoms with van der Waals surface area (Å²) in [4.78, 5) is 0. The molecule has 0 radical (unpaired) electrons. The smallest absolute Gasteiger partial charge is 0.171 e. The van der Waals surface area contributed by atoms with Crippen molar-refractivity contribution in [3.8, 4) is 0 Å². The summed E-state index contributed by atoms with van der Waals surface area (Å²) in [6.45, 7) is 5.88. The first-order chi connectivity index (χ1) is 11.6. The van der Waals surface area contributed by atoms with E-state index in [4.69, 9.17) is 12.2 Å². The molecule has 24 heavy (non-hydrogen) atoms. The van der Waals surface area contributed by atoms with Crippen LogP contribution in [0.4, 0.5) is 5.82 Å². The number of fused-ring (bicyclic) bond motifs is 1. The molecule has 4 nitrogen and oxygen atoms in total. The number of benzene rings is 2. The number of hydrogen-bond acceptors (Lipinski definition) is 2. The predicted octanol–water partition coefficient (Wildman–Crippen LogP) is 4.03. The molecule has 3 rings (SSSR count). The van der Waals surface area contributed by atoms with Crippen LogP contribution in [0.1, 0.15) is 19.4 Å². The average molecular weight is 338 g/mol. The van der Waals surface area contributed by atoms with Gasteiger partial charge in [0.1, 0.15) is 0 Å². The number of aromatic nitrogens is 2. The molecule has 0 spiro atoms. The Morgan fingerprint density at radius 1 is 1.12 bits per heavy atom. The monoisotopic (exact) mass is 338 g/mol. The second kappa shape index (κ2) is 7.45. The van der Waals surface area contributed by atoms with Gasteiger partial charge in [-0.15, -0.1) is 0 Å². The number of rotatable bonds is 5. The van der Waals surface area contributed by atoms with Crippen LogP contribution >= 0.6 is 12.2 Å². The molecule has 0 aliphatic carbocycles. The quantitative estimate of drug-likeness (QED) is 0.689. The van der Waals surface area contributed by atoms with Gasteiger partial charge in [0, 0.05) is 18.8 Å². The summed E-state index contributed by atoms with van der Waals surface area (Å²) in [7, 11) is 0. The molecule has 0 saturated carbocycles. The van der Waals surface area contributed by atoms with Crippen LogP contribution in [0.25, 0.3) is 10.8 Å². The lowest BCUT2D eigenvalue weighted by molar-refractivity contribution is 0.627. The van der Waals surface area contributed by atoms with E-state index < -0.39 is 0 Å². The first-order valence-electron chi connectivity index (χ1n) is 8.17. The van der Waals surface area contributed by atoms with Gasteiger partial charge in [-0.05, 0) is 34.5 Å². The zero-order valence-corrected chi connectivity index (χ0v) is 14.8. The van der Waals surface area contributed by atoms with Gasteiger partial charge in [-0.2, -0.15) is 5.10 Å². The maximum absolute atomic E-state index is 5.29. The van der Waals surface area contributed by atoms with Gasteiger partial charge in [0.2, 0.25) is 0 Å². The number of nitrogens with one attached hydrogen (secondary N) is 2. The van der Waals surface area contributed by atoms with E-state index in [0.717, 1.165) is 18.9 Å². The Morgan fingerprint density at radius 2 is 1.92 bits per heavy atom. The van der Waals surface area contributed by atoms with Crippen LogP contribution in [0, 0.1) is 5.92 Å². The van der Waals surface area contributed by atoms with Crippen LogP contribution in [0.3, 0.4) is 0 Å². The molecule has 1 aromatic heterocycles. The summed E-state index contributed by atoms with van der Waals surface area (Å²) >= 11 is 5.29. The highest BCUT2D eigenvalue weighted by atomic mass is 32.1. The molecule has 3 aromatic rings. The van der Waals surface area contributed by atoms with Gasteiger partial charge in [0.25, 0.3) is 0 Å². The molecular formula is C19H22N4S. The fraction of sp³-hybridized carbons (Fsp3) is 0.263. The lowest BCUT2D eigenvalue weighted by Crippen LogP contribution is -2.31. The third kappa shape index (κ3) is 4.11. The van der Waals surface area contributed by atoms with Gasteiger partial charge in [0.15, 0.2) is 10.9 Å². The molecule has 1 heterocycles. The van der Waals surface area contributed by atoms with E-state index in [-0.39, 0.29) is 0 Å². The van der Waals surface area contributed by atoms with Gasteiger partial charge < -0.3 is 10.6 Å². The normalized spacial score (nSPS) is 11.0. The SMILES string of the molecule is CC(C)CNC(=S)Nc1ccn(Cc2cccc3ccccc23)n1. The van der Waals surface area contributed by atoms with Crippen molar-refractivity contribution >= 4 is 33.9 Å². The molecule has 5 heteroatoms. The summed E-state index contributed by atoms with van der Waals surface area (Å²) in [5.74, 6) is 1.31. The van der Waals surface area contributed by atoms with E-state index in [2.05, 4.69) is 72.0 Å². The molecule has 0 saturated heterocycles. The van der Waals surface area contributed by atoms with E-state index in [9.17, 15) is 0 Å². The van der Waals surface area contributed by atoms with Crippen LogP contribution in [-0.4, -0.2) is 21.4 Å². The summed E-state index contributed by atoms with van der Waals surface area (Å²) in [6.07, 6.45) is 1.97. The minimum atomic E-state index is 0.550. The van der Waals surface area contributed by atoms with Crippen LogP contribution in [0.15, 0.2) is 54.7 Å². The first kappa shape index (κ1) is 16.5. The van der Waals surface area contributed by atoms with Crippen molar-refractivity contribution in [3.05, 3.63) is 60.3 Å². The van der Waals surface area contributed by atoms with Gasteiger partial charge >= 0.3 is 0 Å². The maximum atomic E-state index is 5.29. The van der Waals surface area contributed by atoms with Crippen LogP contribution in [0.5, 0.6) is 0 Å². The van der Waals surface area contributed by atoms with E-state index in [1.54, 1.807) is 0 Å². The van der Waals surface area contributed by atoms with Crippen LogP contribution < -0.4 is 10.6 Å². The fourth-order valence-corrected chi connectivity index (χ4v) is 2.77. The molecule has 2 N–H and O–H groups in total. The predicted molar refractivity (Wildman–Crippen MR) is 104 cm³/mol. The van der Waals surface area contributed by atoms with E-state index in [1.165, 1.54) is 16.3 Å².